The van der Waals surface area contributed by atoms with Crippen LogP contribution in [0.2, 0.25) is 0 Å². The molecule has 2 unspecified atom stereocenters. The zero-order valence-corrected chi connectivity index (χ0v) is 16.3. The minimum absolute atomic E-state index is 0.249. The predicted molar refractivity (Wildman–Crippen MR) is 99.7 cm³/mol. The maximum Gasteiger partial charge on any atom is 0.264 e. The van der Waals surface area contributed by atoms with Crippen molar-refractivity contribution in [2.75, 3.05) is 11.9 Å². The molecule has 3 rings (SSSR count). The number of likely N-dealkylation sites (tertiary alicyclic amines) is 1. The fraction of sp³-hybridized carbons (Fsp3) is 0.353. The van der Waals surface area contributed by atoms with Gasteiger partial charge >= 0.3 is 0 Å². The molecule has 1 aromatic carbocycles. The highest BCUT2D eigenvalue weighted by Gasteiger charge is 2.37. The first-order valence-electron chi connectivity index (χ1n) is 8.08. The molecule has 1 N–H and O–H groups in total. The predicted octanol–water partition coefficient (Wildman–Crippen LogP) is 3.44. The summed E-state index contributed by atoms with van der Waals surface area (Å²) in [6.45, 7) is 2.11. The molecule has 0 bridgehead atoms. The molecule has 1 saturated heterocycles. The standard InChI is InChI=1S/C17H17BrFN3O3S/c1-10(25-14-5-4-11(19)9-12(14)18)16(24)22-7-2-3-13(22)15(23)21-17-20-6-8-26-17/h4-6,8-10,13H,2-3,7H2,1H3,(H,20,21,23). The molecule has 0 saturated carbocycles. The molecule has 2 atom stereocenters. The average molecular weight is 442 g/mol. The fourth-order valence-corrected chi connectivity index (χ4v) is 3.80. The Morgan fingerprint density at radius 1 is 1.50 bits per heavy atom. The minimum atomic E-state index is -0.801. The van der Waals surface area contributed by atoms with Gasteiger partial charge in [-0.15, -0.1) is 11.3 Å². The van der Waals surface area contributed by atoms with E-state index in [1.54, 1.807) is 18.5 Å². The quantitative estimate of drug-likeness (QED) is 0.770. The van der Waals surface area contributed by atoms with Gasteiger partial charge in [-0.05, 0) is 53.9 Å². The number of thiazole rings is 1. The van der Waals surface area contributed by atoms with Gasteiger partial charge < -0.3 is 15.0 Å². The molecule has 2 heterocycles. The number of hydrogen-bond donors (Lipinski definition) is 1. The Bertz CT molecular complexity index is 803. The van der Waals surface area contributed by atoms with Crippen LogP contribution in [0.4, 0.5) is 9.52 Å². The normalized spacial score (nSPS) is 17.8. The van der Waals surface area contributed by atoms with E-state index in [2.05, 4.69) is 26.2 Å². The van der Waals surface area contributed by atoms with Crippen molar-refractivity contribution >= 4 is 44.2 Å². The summed E-state index contributed by atoms with van der Waals surface area (Å²) in [5.74, 6) is -0.559. The smallest absolute Gasteiger partial charge is 0.264 e. The van der Waals surface area contributed by atoms with Crippen molar-refractivity contribution in [3.05, 3.63) is 40.1 Å². The van der Waals surface area contributed by atoms with Gasteiger partial charge in [0.1, 0.15) is 17.6 Å². The minimum Gasteiger partial charge on any atom is -0.480 e. The lowest BCUT2D eigenvalue weighted by molar-refractivity contribution is -0.142. The largest absolute Gasteiger partial charge is 0.480 e. The molecule has 1 aliphatic rings. The van der Waals surface area contributed by atoms with Crippen LogP contribution in [0.3, 0.4) is 0 Å². The third-order valence-electron chi connectivity index (χ3n) is 4.05. The highest BCUT2D eigenvalue weighted by atomic mass is 79.9. The van der Waals surface area contributed by atoms with Crippen LogP contribution in [0.5, 0.6) is 5.75 Å². The van der Waals surface area contributed by atoms with Crippen molar-refractivity contribution in [2.45, 2.75) is 31.9 Å². The second-order valence-electron chi connectivity index (χ2n) is 5.85. The van der Waals surface area contributed by atoms with E-state index in [-0.39, 0.29) is 11.8 Å². The van der Waals surface area contributed by atoms with Gasteiger partial charge in [0.2, 0.25) is 5.91 Å². The molecule has 2 aromatic rings. The third-order valence-corrected chi connectivity index (χ3v) is 5.35. The number of aromatic nitrogens is 1. The first kappa shape index (κ1) is 18.8. The summed E-state index contributed by atoms with van der Waals surface area (Å²) >= 11 is 4.54. The van der Waals surface area contributed by atoms with E-state index < -0.39 is 18.0 Å². The summed E-state index contributed by atoms with van der Waals surface area (Å²) in [5, 5.41) is 5.01. The lowest BCUT2D eigenvalue weighted by atomic mass is 10.2. The van der Waals surface area contributed by atoms with Crippen molar-refractivity contribution in [3.63, 3.8) is 0 Å². The lowest BCUT2D eigenvalue weighted by Crippen LogP contribution is -2.47. The first-order valence-corrected chi connectivity index (χ1v) is 9.75. The Labute approximate surface area is 162 Å². The number of hydrogen-bond acceptors (Lipinski definition) is 5. The molecule has 0 radical (unpaired) electrons. The second-order valence-corrected chi connectivity index (χ2v) is 7.60. The van der Waals surface area contributed by atoms with Gasteiger partial charge in [0.25, 0.3) is 5.91 Å². The molecule has 1 fully saturated rings. The van der Waals surface area contributed by atoms with Crippen LogP contribution >= 0.6 is 27.3 Å². The number of halogens is 2. The number of carbonyl (C=O) groups excluding carboxylic acids is 2. The van der Waals surface area contributed by atoms with E-state index in [0.29, 0.717) is 28.3 Å². The summed E-state index contributed by atoms with van der Waals surface area (Å²) < 4.78 is 19.3. The van der Waals surface area contributed by atoms with Crippen LogP contribution < -0.4 is 10.1 Å². The van der Waals surface area contributed by atoms with E-state index in [0.717, 1.165) is 6.42 Å². The molecule has 138 valence electrons. The molecule has 26 heavy (non-hydrogen) atoms. The van der Waals surface area contributed by atoms with Gasteiger partial charge in [0.05, 0.1) is 4.47 Å². The molecule has 6 nitrogen and oxygen atoms in total. The number of rotatable bonds is 5. The third kappa shape index (κ3) is 4.21. The maximum absolute atomic E-state index is 13.2. The van der Waals surface area contributed by atoms with Gasteiger partial charge in [-0.3, -0.25) is 9.59 Å². The molecule has 2 amide bonds. The average Bonchev–Trinajstić information content (AvgIpc) is 3.28. The number of amides is 2. The summed E-state index contributed by atoms with van der Waals surface area (Å²) in [5.41, 5.74) is 0. The monoisotopic (exact) mass is 441 g/mol. The van der Waals surface area contributed by atoms with Crippen molar-refractivity contribution < 1.29 is 18.7 Å². The Morgan fingerprint density at radius 3 is 3.00 bits per heavy atom. The number of benzene rings is 1. The summed E-state index contributed by atoms with van der Waals surface area (Å²) in [6, 6.07) is 3.44. The highest BCUT2D eigenvalue weighted by molar-refractivity contribution is 9.10. The van der Waals surface area contributed by atoms with Crippen LogP contribution in [0.25, 0.3) is 0 Å². The Morgan fingerprint density at radius 2 is 2.31 bits per heavy atom. The number of nitrogens with one attached hydrogen (secondary N) is 1. The first-order chi connectivity index (χ1) is 12.5. The van der Waals surface area contributed by atoms with Gasteiger partial charge in [-0.2, -0.15) is 0 Å². The van der Waals surface area contributed by atoms with E-state index in [4.69, 9.17) is 4.74 Å². The van der Waals surface area contributed by atoms with Gasteiger partial charge in [-0.25, -0.2) is 9.37 Å². The van der Waals surface area contributed by atoms with E-state index in [1.165, 1.54) is 34.4 Å². The molecular weight excluding hydrogens is 425 g/mol. The zero-order valence-electron chi connectivity index (χ0n) is 13.9. The van der Waals surface area contributed by atoms with E-state index >= 15 is 0 Å². The molecule has 9 heteroatoms. The highest BCUT2D eigenvalue weighted by Crippen LogP contribution is 2.28. The number of anilines is 1. The van der Waals surface area contributed by atoms with Gasteiger partial charge in [0, 0.05) is 18.1 Å². The fourth-order valence-electron chi connectivity index (χ4n) is 2.82. The van der Waals surface area contributed by atoms with Gasteiger partial charge in [-0.1, -0.05) is 0 Å². The Balaban J connectivity index is 1.66. The number of nitrogens with zero attached hydrogens (tertiary/aromatic N) is 2. The molecule has 1 aliphatic heterocycles. The zero-order chi connectivity index (χ0) is 18.7. The maximum atomic E-state index is 13.2. The van der Waals surface area contributed by atoms with Crippen molar-refractivity contribution in [1.82, 2.24) is 9.88 Å². The van der Waals surface area contributed by atoms with Crippen molar-refractivity contribution in [1.29, 1.82) is 0 Å². The topological polar surface area (TPSA) is 71.5 Å². The van der Waals surface area contributed by atoms with E-state index in [9.17, 15) is 14.0 Å². The molecule has 1 aromatic heterocycles. The second kappa shape index (κ2) is 8.13. The summed E-state index contributed by atoms with van der Waals surface area (Å²) in [7, 11) is 0. The van der Waals surface area contributed by atoms with Crippen LogP contribution in [0.15, 0.2) is 34.2 Å². The number of ether oxygens (including phenoxy) is 1. The molecule has 0 aliphatic carbocycles. The number of carbonyl (C=O) groups is 2. The molecular formula is C17H17BrFN3O3S. The lowest BCUT2D eigenvalue weighted by Gasteiger charge is -2.27. The Kier molecular flexibility index (Phi) is 5.87. The van der Waals surface area contributed by atoms with Gasteiger partial charge in [0.15, 0.2) is 11.2 Å². The van der Waals surface area contributed by atoms with Crippen molar-refractivity contribution in [3.8, 4) is 5.75 Å². The summed E-state index contributed by atoms with van der Waals surface area (Å²) in [6.07, 6.45) is 2.14. The van der Waals surface area contributed by atoms with Crippen LogP contribution in [0.1, 0.15) is 19.8 Å². The SMILES string of the molecule is CC(Oc1ccc(F)cc1Br)C(=O)N1CCCC1C(=O)Nc1nccs1. The Hall–Kier alpha value is -2.00. The summed E-state index contributed by atoms with van der Waals surface area (Å²) in [4.78, 5) is 30.8. The van der Waals surface area contributed by atoms with Crippen LogP contribution in [-0.4, -0.2) is 40.4 Å². The van der Waals surface area contributed by atoms with Crippen LogP contribution in [0, 0.1) is 5.82 Å². The van der Waals surface area contributed by atoms with Crippen molar-refractivity contribution in [2.24, 2.45) is 0 Å². The van der Waals surface area contributed by atoms with Crippen LogP contribution in [-0.2, 0) is 9.59 Å². The van der Waals surface area contributed by atoms with E-state index in [1.807, 2.05) is 0 Å². The molecule has 0 spiro atoms.